The highest BCUT2D eigenvalue weighted by molar-refractivity contribution is 5.72. The lowest BCUT2D eigenvalue weighted by Gasteiger charge is -2.31. The lowest BCUT2D eigenvalue weighted by molar-refractivity contribution is -0.142. The summed E-state index contributed by atoms with van der Waals surface area (Å²) in [5.74, 6) is -1.13. The van der Waals surface area contributed by atoms with Gasteiger partial charge in [0.2, 0.25) is 5.75 Å². The van der Waals surface area contributed by atoms with Crippen LogP contribution < -0.4 is 15.2 Å². The Morgan fingerprint density at radius 2 is 2.38 bits per heavy atom. The van der Waals surface area contributed by atoms with Gasteiger partial charge in [0.05, 0.1) is 32.7 Å². The number of aliphatic carboxylic acids is 1. The maximum atomic E-state index is 11.8. The van der Waals surface area contributed by atoms with Crippen molar-refractivity contribution < 1.29 is 19.4 Å². The molecule has 0 saturated carbocycles. The van der Waals surface area contributed by atoms with Crippen LogP contribution in [0.5, 0.6) is 5.75 Å². The average molecular weight is 297 g/mol. The molecular formula is C13H19N3O5. The Morgan fingerprint density at radius 1 is 1.62 bits per heavy atom. The van der Waals surface area contributed by atoms with Crippen molar-refractivity contribution in [2.45, 2.75) is 19.4 Å². The molecule has 1 aromatic rings. The molecule has 2 N–H and O–H groups in total. The van der Waals surface area contributed by atoms with E-state index in [2.05, 4.69) is 9.97 Å². The first-order valence-corrected chi connectivity index (χ1v) is 6.79. The number of carboxylic acids is 1. The fourth-order valence-corrected chi connectivity index (χ4v) is 2.52. The Balaban J connectivity index is 2.42. The van der Waals surface area contributed by atoms with Gasteiger partial charge in [0.15, 0.2) is 5.82 Å². The molecule has 116 valence electrons. The number of rotatable bonds is 6. The van der Waals surface area contributed by atoms with Crippen LogP contribution in [0.15, 0.2) is 11.1 Å². The highest BCUT2D eigenvalue weighted by Crippen LogP contribution is 2.29. The van der Waals surface area contributed by atoms with E-state index in [0.717, 1.165) is 6.42 Å². The second kappa shape index (κ2) is 6.57. The van der Waals surface area contributed by atoms with Crippen molar-refractivity contribution in [1.29, 1.82) is 0 Å². The van der Waals surface area contributed by atoms with Gasteiger partial charge < -0.3 is 24.5 Å². The number of carbonyl (C=O) groups is 1. The van der Waals surface area contributed by atoms with Crippen molar-refractivity contribution in [2.75, 3.05) is 31.8 Å². The summed E-state index contributed by atoms with van der Waals surface area (Å²) in [6.07, 6.45) is 2.06. The molecule has 0 amide bonds. The van der Waals surface area contributed by atoms with Crippen LogP contribution in [0.3, 0.4) is 0 Å². The molecule has 1 aliphatic heterocycles. The minimum atomic E-state index is -0.914. The summed E-state index contributed by atoms with van der Waals surface area (Å²) in [6, 6.07) is -0.370. The van der Waals surface area contributed by atoms with E-state index in [4.69, 9.17) is 9.47 Å². The molecule has 1 aromatic heterocycles. The van der Waals surface area contributed by atoms with Crippen molar-refractivity contribution in [3.63, 3.8) is 0 Å². The largest absolute Gasteiger partial charge is 0.489 e. The molecule has 2 rings (SSSR count). The summed E-state index contributed by atoms with van der Waals surface area (Å²) >= 11 is 0. The summed E-state index contributed by atoms with van der Waals surface area (Å²) in [4.78, 5) is 31.6. The van der Waals surface area contributed by atoms with E-state index in [0.29, 0.717) is 12.4 Å². The SMILES string of the molecule is CCCN(c1nc[nH]c(=O)c1OC)C1COCC1C(=O)O. The number of hydrogen-bond donors (Lipinski definition) is 2. The number of aromatic amines is 1. The fraction of sp³-hybridized carbons (Fsp3) is 0.615. The first kappa shape index (κ1) is 15.3. The minimum absolute atomic E-state index is 0.0852. The van der Waals surface area contributed by atoms with Gasteiger partial charge in [0.25, 0.3) is 5.56 Å². The van der Waals surface area contributed by atoms with Gasteiger partial charge in [-0.25, -0.2) is 4.98 Å². The van der Waals surface area contributed by atoms with Crippen LogP contribution >= 0.6 is 0 Å². The molecule has 0 aliphatic carbocycles. The second-order valence-corrected chi connectivity index (χ2v) is 4.83. The molecule has 0 aromatic carbocycles. The summed E-state index contributed by atoms with van der Waals surface area (Å²) in [5, 5.41) is 9.30. The highest BCUT2D eigenvalue weighted by Gasteiger charge is 2.39. The number of methoxy groups -OCH3 is 1. The normalized spacial score (nSPS) is 21.2. The van der Waals surface area contributed by atoms with Crippen molar-refractivity contribution >= 4 is 11.8 Å². The topological polar surface area (TPSA) is 105 Å². The molecule has 8 heteroatoms. The molecule has 0 bridgehead atoms. The van der Waals surface area contributed by atoms with Crippen molar-refractivity contribution in [3.8, 4) is 5.75 Å². The van der Waals surface area contributed by atoms with E-state index in [1.807, 2.05) is 6.92 Å². The Hall–Kier alpha value is -2.09. The zero-order valence-electron chi connectivity index (χ0n) is 12.0. The average Bonchev–Trinajstić information content (AvgIpc) is 2.94. The number of nitrogens with one attached hydrogen (secondary N) is 1. The van der Waals surface area contributed by atoms with Gasteiger partial charge in [0.1, 0.15) is 5.92 Å². The van der Waals surface area contributed by atoms with E-state index < -0.39 is 17.4 Å². The van der Waals surface area contributed by atoms with Crippen molar-refractivity contribution in [3.05, 3.63) is 16.7 Å². The molecule has 0 spiro atoms. The van der Waals surface area contributed by atoms with Gasteiger partial charge >= 0.3 is 5.97 Å². The van der Waals surface area contributed by atoms with E-state index in [-0.39, 0.29) is 25.0 Å². The van der Waals surface area contributed by atoms with Gasteiger partial charge in [-0.3, -0.25) is 9.59 Å². The third-order valence-electron chi connectivity index (χ3n) is 3.50. The number of H-pyrrole nitrogens is 1. The predicted octanol–water partition coefficient (Wildman–Crippen LogP) is 0.0945. The third kappa shape index (κ3) is 2.99. The molecule has 21 heavy (non-hydrogen) atoms. The molecule has 1 saturated heterocycles. The van der Waals surface area contributed by atoms with Gasteiger partial charge in [-0.05, 0) is 6.42 Å². The second-order valence-electron chi connectivity index (χ2n) is 4.83. The number of nitrogens with zero attached hydrogens (tertiary/aromatic N) is 2. The summed E-state index contributed by atoms with van der Waals surface area (Å²) in [6.45, 7) is 2.98. The maximum Gasteiger partial charge on any atom is 0.311 e. The molecule has 1 aliphatic rings. The quantitative estimate of drug-likeness (QED) is 0.767. The lowest BCUT2D eigenvalue weighted by Crippen LogP contribution is -2.44. The smallest absolute Gasteiger partial charge is 0.311 e. The van der Waals surface area contributed by atoms with E-state index in [1.54, 1.807) is 4.90 Å². The molecule has 8 nitrogen and oxygen atoms in total. The van der Waals surface area contributed by atoms with Crippen LogP contribution in [0.25, 0.3) is 0 Å². The zero-order valence-corrected chi connectivity index (χ0v) is 12.0. The third-order valence-corrected chi connectivity index (χ3v) is 3.50. The van der Waals surface area contributed by atoms with Gasteiger partial charge in [0, 0.05) is 6.54 Å². The minimum Gasteiger partial charge on any atom is -0.489 e. The van der Waals surface area contributed by atoms with Crippen LogP contribution in [-0.2, 0) is 9.53 Å². The molecule has 0 radical (unpaired) electrons. The van der Waals surface area contributed by atoms with Crippen LogP contribution in [-0.4, -0.2) is 54.0 Å². The highest BCUT2D eigenvalue weighted by atomic mass is 16.5. The van der Waals surface area contributed by atoms with Gasteiger partial charge in [-0.15, -0.1) is 0 Å². The first-order valence-electron chi connectivity index (χ1n) is 6.79. The Labute approximate surface area is 121 Å². The first-order chi connectivity index (χ1) is 10.1. The predicted molar refractivity (Wildman–Crippen MR) is 74.8 cm³/mol. The monoisotopic (exact) mass is 297 g/mol. The summed E-state index contributed by atoms with van der Waals surface area (Å²) in [5.41, 5.74) is -0.394. The number of hydrogen-bond acceptors (Lipinski definition) is 6. The zero-order chi connectivity index (χ0) is 15.4. The maximum absolute atomic E-state index is 11.8. The number of ether oxygens (including phenoxy) is 2. The summed E-state index contributed by atoms with van der Waals surface area (Å²) in [7, 11) is 1.39. The van der Waals surface area contributed by atoms with Crippen LogP contribution in [0.1, 0.15) is 13.3 Å². The molecule has 2 heterocycles. The standard InChI is InChI=1S/C13H19N3O5/c1-3-4-16(9-6-21-5-8(9)13(18)19)11-10(20-2)12(17)15-7-14-11/h7-9H,3-6H2,1-2H3,(H,18,19)(H,14,15,17). The Bertz CT molecular complexity index is 559. The number of carboxylic acid groups (broad SMARTS) is 1. The molecule has 2 atom stereocenters. The Kier molecular flexibility index (Phi) is 4.79. The Morgan fingerprint density at radius 3 is 3.00 bits per heavy atom. The molecule has 2 unspecified atom stereocenters. The van der Waals surface area contributed by atoms with Crippen LogP contribution in [0, 0.1) is 5.92 Å². The van der Waals surface area contributed by atoms with E-state index in [1.165, 1.54) is 13.4 Å². The lowest BCUT2D eigenvalue weighted by atomic mass is 10.0. The number of anilines is 1. The summed E-state index contributed by atoms with van der Waals surface area (Å²) < 4.78 is 10.4. The van der Waals surface area contributed by atoms with Crippen LogP contribution in [0.4, 0.5) is 5.82 Å². The van der Waals surface area contributed by atoms with Crippen molar-refractivity contribution in [1.82, 2.24) is 9.97 Å². The molecular weight excluding hydrogens is 278 g/mol. The van der Waals surface area contributed by atoms with Gasteiger partial charge in [-0.2, -0.15) is 0 Å². The fourth-order valence-electron chi connectivity index (χ4n) is 2.52. The van der Waals surface area contributed by atoms with E-state index in [9.17, 15) is 14.7 Å². The van der Waals surface area contributed by atoms with Crippen molar-refractivity contribution in [2.24, 2.45) is 5.92 Å². The van der Waals surface area contributed by atoms with Crippen LogP contribution in [0.2, 0.25) is 0 Å². The van der Waals surface area contributed by atoms with E-state index >= 15 is 0 Å². The number of aromatic nitrogens is 2. The molecule has 1 fully saturated rings. The van der Waals surface area contributed by atoms with Gasteiger partial charge in [-0.1, -0.05) is 6.92 Å².